The van der Waals surface area contributed by atoms with Crippen LogP contribution in [0.25, 0.3) is 243 Å². The highest BCUT2D eigenvalue weighted by Gasteiger charge is 2.25. The van der Waals surface area contributed by atoms with Crippen molar-refractivity contribution in [3.05, 3.63) is 419 Å². The highest BCUT2D eigenvalue weighted by atomic mass is 32.1. The zero-order valence-electron chi connectivity index (χ0n) is 66.1. The summed E-state index contributed by atoms with van der Waals surface area (Å²) in [4.78, 5) is 0. The van der Waals surface area contributed by atoms with E-state index < -0.39 is 0 Å². The quantitative estimate of drug-likeness (QED) is 0.145. The molecule has 0 N–H and O–H groups in total. The van der Waals surface area contributed by atoms with E-state index in [2.05, 4.69) is 414 Å². The van der Waals surface area contributed by atoms with Crippen molar-refractivity contribution in [2.75, 3.05) is 0 Å². The number of benzene rings is 18. The van der Waals surface area contributed by atoms with Crippen molar-refractivity contribution < 1.29 is 13.3 Å². The Morgan fingerprint density at radius 2 is 0.447 bits per heavy atom. The van der Waals surface area contributed by atoms with Gasteiger partial charge in [-0.05, 0) is 212 Å². The van der Waals surface area contributed by atoms with Crippen molar-refractivity contribution in [1.82, 2.24) is 13.7 Å². The second kappa shape index (κ2) is 28.7. The molecule has 0 bridgehead atoms. The molecule has 123 heavy (non-hydrogen) atoms. The SMILES string of the molecule is c1ccc(-c2ccc3c(c2)oc2cc(-c4ccc5c(c4)sc4c6ccccc6n(-c6ccccc6)c54)ccc23)cc1.c1ccc(-c2ccc3c(c2)oc2cc(-c4ccc5sc6c7ccccc7n(-c7ccccc7)c6c5c4)ccc23)cc1.c1ccc(-c2ccc3c(c2)oc2cc(-c4cccc5c4sc4c6ccccc6n(-c6ccccc6)c54)ccc23)cc1. The molecular formula is C114H69N3O3S3. The van der Waals surface area contributed by atoms with Gasteiger partial charge in [-0.3, -0.25) is 0 Å². The van der Waals surface area contributed by atoms with Crippen LogP contribution in [0.4, 0.5) is 0 Å². The smallest absolute Gasteiger partial charge is 0.136 e. The number of rotatable bonds is 9. The third kappa shape index (κ3) is 11.7. The molecule has 0 saturated carbocycles. The normalized spacial score (nSPS) is 11.9. The third-order valence-corrected chi connectivity index (χ3v) is 28.2. The molecule has 0 saturated heterocycles. The second-order valence-electron chi connectivity index (χ2n) is 31.7. The molecule has 0 unspecified atom stereocenters. The molecular weight excluding hydrogens is 1560 g/mol. The summed E-state index contributed by atoms with van der Waals surface area (Å²) in [7, 11) is 0. The Kier molecular flexibility index (Phi) is 16.5. The fraction of sp³-hybridized carbons (Fsp3) is 0. The lowest BCUT2D eigenvalue weighted by atomic mass is 10.0. The zero-order valence-corrected chi connectivity index (χ0v) is 68.6. The van der Waals surface area contributed by atoms with Crippen molar-refractivity contribution in [2.24, 2.45) is 0 Å². The Bertz CT molecular complexity index is 8790. The van der Waals surface area contributed by atoms with Crippen LogP contribution in [-0.4, -0.2) is 13.7 Å². The molecule has 0 aliphatic heterocycles. The van der Waals surface area contributed by atoms with Crippen LogP contribution in [0.5, 0.6) is 0 Å². The maximum atomic E-state index is 6.47. The first-order valence-corrected chi connectivity index (χ1v) is 44.0. The van der Waals surface area contributed by atoms with Gasteiger partial charge in [0.2, 0.25) is 0 Å². The molecule has 0 atom stereocenters. The van der Waals surface area contributed by atoms with Crippen LogP contribution >= 0.6 is 34.0 Å². The summed E-state index contributed by atoms with van der Waals surface area (Å²) in [5, 5.41) is 14.6. The lowest BCUT2D eigenvalue weighted by Crippen LogP contribution is -1.92. The summed E-state index contributed by atoms with van der Waals surface area (Å²) >= 11 is 5.64. The predicted molar refractivity (Wildman–Crippen MR) is 523 cm³/mol. The predicted octanol–water partition coefficient (Wildman–Crippen LogP) is 33.7. The van der Waals surface area contributed by atoms with Crippen molar-refractivity contribution in [3.63, 3.8) is 0 Å². The van der Waals surface area contributed by atoms with Gasteiger partial charge in [-0.1, -0.05) is 273 Å². The van der Waals surface area contributed by atoms with Gasteiger partial charge in [-0.2, -0.15) is 0 Å². The van der Waals surface area contributed by atoms with Gasteiger partial charge in [0.1, 0.15) is 33.5 Å². The number of nitrogens with zero attached hydrogens (tertiary/aromatic N) is 3. The number of aromatic nitrogens is 3. The summed E-state index contributed by atoms with van der Waals surface area (Å²) in [5.74, 6) is 0. The van der Waals surface area contributed by atoms with Crippen LogP contribution in [0.3, 0.4) is 0 Å². The number of thiophene rings is 3. The van der Waals surface area contributed by atoms with E-state index in [1.807, 2.05) is 52.2 Å². The second-order valence-corrected chi connectivity index (χ2v) is 34.8. The Hall–Kier alpha value is -15.4. The maximum Gasteiger partial charge on any atom is 0.136 e. The summed E-state index contributed by atoms with van der Waals surface area (Å²) < 4.78 is 34.4. The number of hydrogen-bond acceptors (Lipinski definition) is 6. The minimum absolute atomic E-state index is 0.914. The van der Waals surface area contributed by atoms with Crippen LogP contribution in [0.1, 0.15) is 0 Å². The van der Waals surface area contributed by atoms with Gasteiger partial charge >= 0.3 is 0 Å². The van der Waals surface area contributed by atoms with E-state index in [1.165, 1.54) is 161 Å². The van der Waals surface area contributed by atoms with Crippen molar-refractivity contribution in [2.45, 2.75) is 0 Å². The number of hydrogen-bond donors (Lipinski definition) is 0. The van der Waals surface area contributed by atoms with Crippen molar-refractivity contribution in [1.29, 1.82) is 0 Å². The number of furan rings is 3. The largest absolute Gasteiger partial charge is 0.456 e. The highest BCUT2D eigenvalue weighted by Crippen LogP contribution is 2.50. The van der Waals surface area contributed by atoms with Gasteiger partial charge in [-0.25, -0.2) is 0 Å². The minimum Gasteiger partial charge on any atom is -0.456 e. The van der Waals surface area contributed by atoms with Gasteiger partial charge in [0, 0.05) is 95.8 Å². The molecule has 27 rings (SSSR count). The van der Waals surface area contributed by atoms with Crippen LogP contribution in [0.2, 0.25) is 0 Å². The molecule has 9 heterocycles. The summed E-state index contributed by atoms with van der Waals surface area (Å²) in [6.45, 7) is 0. The summed E-state index contributed by atoms with van der Waals surface area (Å²) in [5.41, 5.74) is 30.8. The first kappa shape index (κ1) is 70.6. The zero-order chi connectivity index (χ0) is 80.7. The Balaban J connectivity index is 0.000000101. The molecule has 0 amide bonds. The molecule has 0 aliphatic rings. The lowest BCUT2D eigenvalue weighted by molar-refractivity contribution is 0.669. The molecule has 6 nitrogen and oxygen atoms in total. The molecule has 576 valence electrons. The highest BCUT2D eigenvalue weighted by molar-refractivity contribution is 7.28. The van der Waals surface area contributed by atoms with Crippen LogP contribution < -0.4 is 0 Å². The molecule has 27 aromatic rings. The molecule has 9 aromatic heterocycles. The molecule has 0 aliphatic carbocycles. The lowest BCUT2D eigenvalue weighted by Gasteiger charge is -2.08. The van der Waals surface area contributed by atoms with E-state index in [4.69, 9.17) is 13.3 Å². The first-order valence-electron chi connectivity index (χ1n) is 41.6. The third-order valence-electron chi connectivity index (χ3n) is 24.6. The van der Waals surface area contributed by atoms with Gasteiger partial charge in [-0.15, -0.1) is 34.0 Å². The minimum atomic E-state index is 0.914. The Morgan fingerprint density at radius 3 is 0.854 bits per heavy atom. The first-order chi connectivity index (χ1) is 61.0. The van der Waals surface area contributed by atoms with Crippen LogP contribution in [0, 0.1) is 0 Å². The van der Waals surface area contributed by atoms with Crippen molar-refractivity contribution >= 4 is 193 Å². The van der Waals surface area contributed by atoms with E-state index in [0.29, 0.717) is 0 Å². The average Bonchev–Trinajstić information content (AvgIpc) is 1.57. The fourth-order valence-corrected chi connectivity index (χ4v) is 22.7. The molecule has 0 radical (unpaired) electrons. The van der Waals surface area contributed by atoms with Crippen LogP contribution in [-0.2, 0) is 0 Å². The average molecular weight is 1630 g/mol. The monoisotopic (exact) mass is 1620 g/mol. The van der Waals surface area contributed by atoms with Gasteiger partial charge < -0.3 is 27.0 Å². The number of fused-ring (bicyclic) bond motifs is 24. The molecule has 9 heteroatoms. The van der Waals surface area contributed by atoms with E-state index in [9.17, 15) is 0 Å². The standard InChI is InChI=1S/3C38H23NOS/c1-3-10-24(11-4-1)25-18-20-29-30-21-19-26(23-35(30)40-34(29)22-25)28-15-9-16-32-36-38(41-37(28)32)31-14-7-8-17-33(31)39(36)27-12-5-2-6-13-27;1-3-9-24(10-4-1)26-15-18-29-30-19-16-27(23-35(30)40-34(29)22-26)25-17-20-36-32(21-25)37-38(41-36)31-13-7-8-14-33(31)39(37)28-11-5-2-6-12-28;1-3-9-24(10-4-1)25-15-18-29-30-19-16-26(22-35(30)40-34(29)21-25)27-17-20-32-36(23-27)41-38-31-13-7-8-14-33(31)39(37(32)38)28-11-5-2-6-12-28/h3*1-23H. The van der Waals surface area contributed by atoms with Gasteiger partial charge in [0.25, 0.3) is 0 Å². The van der Waals surface area contributed by atoms with Gasteiger partial charge in [0.05, 0.1) is 47.2 Å². The Morgan fingerprint density at radius 1 is 0.163 bits per heavy atom. The fourth-order valence-electron chi connectivity index (χ4n) is 18.8. The maximum absolute atomic E-state index is 6.47. The molecule has 0 fully saturated rings. The van der Waals surface area contributed by atoms with E-state index in [1.54, 1.807) is 0 Å². The molecule has 18 aromatic carbocycles. The summed E-state index contributed by atoms with van der Waals surface area (Å²) in [6.07, 6.45) is 0. The van der Waals surface area contributed by atoms with Gasteiger partial charge in [0.15, 0.2) is 0 Å². The van der Waals surface area contributed by atoms with E-state index in [-0.39, 0.29) is 0 Å². The van der Waals surface area contributed by atoms with Crippen molar-refractivity contribution in [3.8, 4) is 83.8 Å². The molecule has 0 spiro atoms. The van der Waals surface area contributed by atoms with E-state index in [0.717, 1.165) is 82.5 Å². The van der Waals surface area contributed by atoms with Crippen LogP contribution in [0.15, 0.2) is 432 Å². The Labute approximate surface area is 717 Å². The topological polar surface area (TPSA) is 54.2 Å². The van der Waals surface area contributed by atoms with E-state index >= 15 is 0 Å². The number of para-hydroxylation sites is 6. The summed E-state index contributed by atoms with van der Waals surface area (Å²) in [6, 6.07) is 149.